The molecule has 104 valence electrons. The fourth-order valence-electron chi connectivity index (χ4n) is 2.48. The van der Waals surface area contributed by atoms with E-state index in [0.717, 1.165) is 25.2 Å². The summed E-state index contributed by atoms with van der Waals surface area (Å²) >= 11 is 0. The van der Waals surface area contributed by atoms with Gasteiger partial charge in [0, 0.05) is 25.0 Å². The number of anilines is 1. The number of nitrogens with one attached hydrogen (secondary N) is 2. The van der Waals surface area contributed by atoms with Gasteiger partial charge in [0.05, 0.1) is 0 Å². The Kier molecular flexibility index (Phi) is 5.19. The summed E-state index contributed by atoms with van der Waals surface area (Å²) in [5.41, 5.74) is 1.46. The van der Waals surface area contributed by atoms with Gasteiger partial charge >= 0.3 is 0 Å². The maximum absolute atomic E-state index is 12.0. The lowest BCUT2D eigenvalue weighted by atomic mass is 10.1. The van der Waals surface area contributed by atoms with Crippen LogP contribution >= 0.6 is 0 Å². The number of nitrogens with zero attached hydrogens (tertiary/aromatic N) is 1. The minimum atomic E-state index is -0.0629. The quantitative estimate of drug-likeness (QED) is 0.828. The highest BCUT2D eigenvalue weighted by Crippen LogP contribution is 2.23. The van der Waals surface area contributed by atoms with Gasteiger partial charge in [-0.1, -0.05) is 19.8 Å². The fourth-order valence-corrected chi connectivity index (χ4v) is 2.48. The topological polar surface area (TPSA) is 54.0 Å². The molecular formula is C15H23N3O. The van der Waals surface area contributed by atoms with Crippen molar-refractivity contribution in [3.05, 3.63) is 24.0 Å². The molecule has 0 atom stereocenters. The van der Waals surface area contributed by atoms with Crippen LogP contribution in [0.3, 0.4) is 0 Å². The van der Waals surface area contributed by atoms with Crippen molar-refractivity contribution in [1.29, 1.82) is 0 Å². The SMILES string of the molecule is CCCNc1ccnc(C(=O)NCC2CCCC2)c1. The van der Waals surface area contributed by atoms with Crippen LogP contribution in [0.25, 0.3) is 0 Å². The van der Waals surface area contributed by atoms with Crippen LogP contribution in [0, 0.1) is 5.92 Å². The van der Waals surface area contributed by atoms with Crippen LogP contribution in [0.2, 0.25) is 0 Å². The second-order valence-corrected chi connectivity index (χ2v) is 5.22. The Hall–Kier alpha value is -1.58. The Bertz CT molecular complexity index is 414. The Labute approximate surface area is 115 Å². The van der Waals surface area contributed by atoms with Crippen molar-refractivity contribution in [3.63, 3.8) is 0 Å². The second-order valence-electron chi connectivity index (χ2n) is 5.22. The number of aromatic nitrogens is 1. The standard InChI is InChI=1S/C15H23N3O/c1-2-8-16-13-7-9-17-14(10-13)15(19)18-11-12-5-3-4-6-12/h7,9-10,12H,2-6,8,11H2,1H3,(H,16,17)(H,18,19). The van der Waals surface area contributed by atoms with Crippen LogP contribution in [-0.4, -0.2) is 24.0 Å². The molecule has 1 amide bonds. The molecule has 1 heterocycles. The number of rotatable bonds is 6. The molecule has 1 fully saturated rings. The molecule has 1 saturated carbocycles. The molecule has 4 nitrogen and oxygen atoms in total. The Morgan fingerprint density at radius 3 is 2.95 bits per heavy atom. The maximum Gasteiger partial charge on any atom is 0.269 e. The van der Waals surface area contributed by atoms with Crippen molar-refractivity contribution in [1.82, 2.24) is 10.3 Å². The van der Waals surface area contributed by atoms with Crippen molar-refractivity contribution >= 4 is 11.6 Å². The van der Waals surface area contributed by atoms with E-state index in [9.17, 15) is 4.79 Å². The van der Waals surface area contributed by atoms with Crippen molar-refractivity contribution in [2.75, 3.05) is 18.4 Å². The Morgan fingerprint density at radius 1 is 1.42 bits per heavy atom. The third kappa shape index (κ3) is 4.23. The van der Waals surface area contributed by atoms with E-state index in [1.807, 2.05) is 12.1 Å². The van der Waals surface area contributed by atoms with E-state index in [2.05, 4.69) is 22.5 Å². The number of hydrogen-bond acceptors (Lipinski definition) is 3. The highest BCUT2D eigenvalue weighted by molar-refractivity contribution is 5.93. The van der Waals surface area contributed by atoms with Crippen LogP contribution in [0.5, 0.6) is 0 Å². The molecule has 1 aliphatic rings. The van der Waals surface area contributed by atoms with Crippen LogP contribution < -0.4 is 10.6 Å². The molecule has 0 aliphatic heterocycles. The molecule has 2 rings (SSSR count). The number of amides is 1. The monoisotopic (exact) mass is 261 g/mol. The van der Waals surface area contributed by atoms with Crippen molar-refractivity contribution in [3.8, 4) is 0 Å². The van der Waals surface area contributed by atoms with E-state index < -0.39 is 0 Å². The number of carbonyl (C=O) groups excluding carboxylic acids is 1. The smallest absolute Gasteiger partial charge is 0.269 e. The van der Waals surface area contributed by atoms with Gasteiger partial charge in [-0.3, -0.25) is 9.78 Å². The van der Waals surface area contributed by atoms with Crippen molar-refractivity contribution in [2.24, 2.45) is 5.92 Å². The fraction of sp³-hybridized carbons (Fsp3) is 0.600. The average molecular weight is 261 g/mol. The van der Waals surface area contributed by atoms with Crippen LogP contribution in [-0.2, 0) is 0 Å². The van der Waals surface area contributed by atoms with Gasteiger partial charge in [0.15, 0.2) is 0 Å². The summed E-state index contributed by atoms with van der Waals surface area (Å²) in [6.07, 6.45) is 7.83. The normalized spacial score (nSPS) is 15.4. The molecule has 19 heavy (non-hydrogen) atoms. The van der Waals surface area contributed by atoms with E-state index in [1.165, 1.54) is 25.7 Å². The molecule has 0 unspecified atom stereocenters. The van der Waals surface area contributed by atoms with Gasteiger partial charge in [-0.15, -0.1) is 0 Å². The lowest BCUT2D eigenvalue weighted by Gasteiger charge is -2.11. The first-order valence-electron chi connectivity index (χ1n) is 7.27. The first-order chi connectivity index (χ1) is 9.29. The number of hydrogen-bond donors (Lipinski definition) is 2. The predicted octanol–water partition coefficient (Wildman–Crippen LogP) is 2.82. The molecule has 0 radical (unpaired) electrons. The second kappa shape index (κ2) is 7.12. The highest BCUT2D eigenvalue weighted by atomic mass is 16.1. The van der Waals surface area contributed by atoms with Gasteiger partial charge in [-0.2, -0.15) is 0 Å². The van der Waals surface area contributed by atoms with E-state index in [4.69, 9.17) is 0 Å². The molecule has 1 aliphatic carbocycles. The van der Waals surface area contributed by atoms with Gasteiger partial charge in [0.25, 0.3) is 5.91 Å². The van der Waals surface area contributed by atoms with E-state index >= 15 is 0 Å². The van der Waals surface area contributed by atoms with Crippen LogP contribution in [0.15, 0.2) is 18.3 Å². The maximum atomic E-state index is 12.0. The molecule has 0 saturated heterocycles. The molecule has 1 aromatic rings. The lowest BCUT2D eigenvalue weighted by Crippen LogP contribution is -2.29. The summed E-state index contributed by atoms with van der Waals surface area (Å²) in [6.45, 7) is 3.81. The third-order valence-corrected chi connectivity index (χ3v) is 3.60. The van der Waals surface area contributed by atoms with Crippen molar-refractivity contribution < 1.29 is 4.79 Å². The molecule has 2 N–H and O–H groups in total. The summed E-state index contributed by atoms with van der Waals surface area (Å²) in [5.74, 6) is 0.595. The highest BCUT2D eigenvalue weighted by Gasteiger charge is 2.16. The van der Waals surface area contributed by atoms with Gasteiger partial charge in [-0.05, 0) is 37.3 Å². The molecule has 1 aromatic heterocycles. The van der Waals surface area contributed by atoms with Crippen molar-refractivity contribution in [2.45, 2.75) is 39.0 Å². The molecule has 0 bridgehead atoms. The summed E-state index contributed by atoms with van der Waals surface area (Å²) in [6, 6.07) is 3.71. The van der Waals surface area contributed by atoms with Gasteiger partial charge in [0.1, 0.15) is 5.69 Å². The van der Waals surface area contributed by atoms with E-state index in [1.54, 1.807) is 6.20 Å². The van der Waals surface area contributed by atoms with Gasteiger partial charge in [-0.25, -0.2) is 0 Å². The summed E-state index contributed by atoms with van der Waals surface area (Å²) < 4.78 is 0. The zero-order valence-corrected chi connectivity index (χ0v) is 11.6. The summed E-state index contributed by atoms with van der Waals surface area (Å²) in [7, 11) is 0. The molecular weight excluding hydrogens is 238 g/mol. The zero-order chi connectivity index (χ0) is 13.5. The number of pyridine rings is 1. The van der Waals surface area contributed by atoms with Gasteiger partial charge < -0.3 is 10.6 Å². The van der Waals surface area contributed by atoms with Gasteiger partial charge in [0.2, 0.25) is 0 Å². The first-order valence-corrected chi connectivity index (χ1v) is 7.27. The molecule has 4 heteroatoms. The largest absolute Gasteiger partial charge is 0.385 e. The first kappa shape index (κ1) is 13.8. The summed E-state index contributed by atoms with van der Waals surface area (Å²) in [5, 5.41) is 6.26. The lowest BCUT2D eigenvalue weighted by molar-refractivity contribution is 0.0942. The van der Waals surface area contributed by atoms with E-state index in [0.29, 0.717) is 11.6 Å². The molecule has 0 aromatic carbocycles. The number of carbonyl (C=O) groups is 1. The average Bonchev–Trinajstić information content (AvgIpc) is 2.96. The van der Waals surface area contributed by atoms with Crippen LogP contribution in [0.1, 0.15) is 49.5 Å². The zero-order valence-electron chi connectivity index (χ0n) is 11.6. The Balaban J connectivity index is 1.86. The third-order valence-electron chi connectivity index (χ3n) is 3.60. The Morgan fingerprint density at radius 2 is 2.21 bits per heavy atom. The van der Waals surface area contributed by atoms with Crippen LogP contribution in [0.4, 0.5) is 5.69 Å². The minimum absolute atomic E-state index is 0.0629. The summed E-state index contributed by atoms with van der Waals surface area (Å²) in [4.78, 5) is 16.2. The minimum Gasteiger partial charge on any atom is -0.385 e. The predicted molar refractivity (Wildman–Crippen MR) is 77.3 cm³/mol. The van der Waals surface area contributed by atoms with E-state index in [-0.39, 0.29) is 5.91 Å². The molecule has 0 spiro atoms.